The molecule has 0 spiro atoms. The molecule has 138 valence electrons. The van der Waals surface area contributed by atoms with Crippen LogP contribution < -0.4 is 0 Å². The minimum Gasteiger partial charge on any atom is -0.450 e. The first-order valence-corrected chi connectivity index (χ1v) is 8.42. The molecule has 0 aliphatic rings. The Morgan fingerprint density at radius 1 is 1.11 bits per heavy atom. The van der Waals surface area contributed by atoms with E-state index in [1.165, 1.54) is 29.5 Å². The van der Waals surface area contributed by atoms with Gasteiger partial charge in [-0.15, -0.1) is 11.3 Å². The summed E-state index contributed by atoms with van der Waals surface area (Å²) < 4.78 is 0. The zero-order chi connectivity index (χ0) is 19.8. The van der Waals surface area contributed by atoms with E-state index in [1.807, 2.05) is 6.07 Å². The molecule has 3 rings (SSSR count). The van der Waals surface area contributed by atoms with Crippen molar-refractivity contribution in [3.8, 4) is 0 Å². The summed E-state index contributed by atoms with van der Waals surface area (Å²) in [7, 11) is 0. The molecule has 1 aromatic heterocycles. The average Bonchev–Trinajstić information content (AvgIpc) is 3.14. The largest absolute Gasteiger partial charge is 0.503 e. The first-order valence-electron chi connectivity index (χ1n) is 7.54. The van der Waals surface area contributed by atoms with Crippen LogP contribution in [0.5, 0.6) is 0 Å². The van der Waals surface area contributed by atoms with Gasteiger partial charge in [0.1, 0.15) is 0 Å². The minimum absolute atomic E-state index is 0.0193. The molecule has 0 bridgehead atoms. The van der Waals surface area contributed by atoms with E-state index in [0.717, 1.165) is 4.88 Å². The molecule has 1 heterocycles. The first-order chi connectivity index (χ1) is 12.9. The Morgan fingerprint density at radius 3 is 2.33 bits per heavy atom. The number of thiazole rings is 1. The molecule has 8 nitrogen and oxygen atoms in total. The lowest BCUT2D eigenvalue weighted by molar-refractivity contribution is -0.384. The summed E-state index contributed by atoms with van der Waals surface area (Å²) in [6, 6.07) is 13.3. The van der Waals surface area contributed by atoms with E-state index in [1.54, 1.807) is 36.0 Å². The number of carbonyl (C=O) groups is 2. The Balaban J connectivity index is 0.000000596. The van der Waals surface area contributed by atoms with Gasteiger partial charge in [-0.05, 0) is 11.6 Å². The number of nitro benzene ring substituents is 1. The Morgan fingerprint density at radius 2 is 1.78 bits per heavy atom. The van der Waals surface area contributed by atoms with Gasteiger partial charge in [0.2, 0.25) is 0 Å². The Labute approximate surface area is 157 Å². The normalized spacial score (nSPS) is 9.78. The molecule has 27 heavy (non-hydrogen) atoms. The van der Waals surface area contributed by atoms with Crippen molar-refractivity contribution < 1.29 is 24.7 Å². The van der Waals surface area contributed by atoms with Crippen LogP contribution in [0.25, 0.3) is 0 Å². The van der Waals surface area contributed by atoms with Crippen molar-refractivity contribution in [1.82, 2.24) is 4.98 Å². The van der Waals surface area contributed by atoms with E-state index in [9.17, 15) is 14.9 Å². The Kier molecular flexibility index (Phi) is 6.73. The molecule has 0 fully saturated rings. The number of carbonyl (C=O) groups excluding carboxylic acids is 1. The Bertz CT molecular complexity index is 938. The highest BCUT2D eigenvalue weighted by molar-refractivity contribution is 7.09. The molecule has 2 N–H and O–H groups in total. The summed E-state index contributed by atoms with van der Waals surface area (Å²) in [5, 5.41) is 25.0. The monoisotopic (exact) mass is 386 g/mol. The standard InChI is InChI=1S/C17H12N2O3S.CH2O3/c20-17(12-4-2-1-3-5-12)16-7-6-14(19(21)22)8-13(16)9-15-10-18-11-23-15;2-1(3)4/h1-8,10-11H,9H2;(H2,2,3,4). The van der Waals surface area contributed by atoms with Gasteiger partial charge in [-0.3, -0.25) is 19.9 Å². The molecule has 2 aromatic carbocycles. The number of non-ortho nitro benzene ring substituents is 1. The van der Waals surface area contributed by atoms with E-state index < -0.39 is 11.1 Å². The molecule has 0 saturated heterocycles. The van der Waals surface area contributed by atoms with Crippen molar-refractivity contribution in [1.29, 1.82) is 0 Å². The van der Waals surface area contributed by atoms with E-state index in [0.29, 0.717) is 23.1 Å². The molecular formula is C18H14N2O6S. The predicted molar refractivity (Wildman–Crippen MR) is 98.5 cm³/mol. The van der Waals surface area contributed by atoms with E-state index >= 15 is 0 Å². The summed E-state index contributed by atoms with van der Waals surface area (Å²) >= 11 is 1.46. The SMILES string of the molecule is O=C(O)O.O=C(c1ccccc1)c1ccc([N+](=O)[O-])cc1Cc1cncs1. The molecule has 0 aliphatic heterocycles. The summed E-state index contributed by atoms with van der Waals surface area (Å²) in [5.41, 5.74) is 3.36. The molecule has 0 unspecified atom stereocenters. The predicted octanol–water partition coefficient (Wildman–Crippen LogP) is 4.10. The van der Waals surface area contributed by atoms with Gasteiger partial charge in [-0.2, -0.15) is 0 Å². The maximum Gasteiger partial charge on any atom is 0.503 e. The zero-order valence-electron chi connectivity index (χ0n) is 13.8. The van der Waals surface area contributed by atoms with Crippen molar-refractivity contribution in [3.05, 3.63) is 91.9 Å². The second-order valence-corrected chi connectivity index (χ2v) is 6.19. The fraction of sp³-hybridized carbons (Fsp3) is 0.0556. The first kappa shape index (κ1) is 19.7. The molecule has 0 atom stereocenters. The van der Waals surface area contributed by atoms with Crippen molar-refractivity contribution in [2.75, 3.05) is 0 Å². The van der Waals surface area contributed by atoms with Crippen LogP contribution in [-0.4, -0.2) is 32.1 Å². The third-order valence-corrected chi connectivity index (χ3v) is 4.21. The molecule has 0 saturated carbocycles. The van der Waals surface area contributed by atoms with Crippen LogP contribution in [0.4, 0.5) is 10.5 Å². The van der Waals surface area contributed by atoms with Gasteiger partial charge in [0.05, 0.1) is 10.4 Å². The number of benzene rings is 2. The molecule has 0 amide bonds. The lowest BCUT2D eigenvalue weighted by Gasteiger charge is -2.08. The maximum atomic E-state index is 12.7. The number of carboxylic acid groups (broad SMARTS) is 2. The minimum atomic E-state index is -1.83. The summed E-state index contributed by atoms with van der Waals surface area (Å²) in [6.07, 6.45) is 0.320. The highest BCUT2D eigenvalue weighted by Crippen LogP contribution is 2.24. The molecular weight excluding hydrogens is 372 g/mol. The lowest BCUT2D eigenvalue weighted by atomic mass is 9.96. The van der Waals surface area contributed by atoms with E-state index in [-0.39, 0.29) is 11.5 Å². The number of nitro groups is 1. The lowest BCUT2D eigenvalue weighted by Crippen LogP contribution is -2.06. The number of aromatic nitrogens is 1. The van der Waals surface area contributed by atoms with Crippen LogP contribution in [-0.2, 0) is 6.42 Å². The molecule has 3 aromatic rings. The van der Waals surface area contributed by atoms with Gasteiger partial charge in [0.15, 0.2) is 5.78 Å². The average molecular weight is 386 g/mol. The second kappa shape index (κ2) is 9.20. The van der Waals surface area contributed by atoms with Gasteiger partial charge in [0.25, 0.3) is 5.69 Å². The van der Waals surface area contributed by atoms with Gasteiger partial charge in [-0.1, -0.05) is 30.3 Å². The van der Waals surface area contributed by atoms with E-state index in [4.69, 9.17) is 15.0 Å². The third kappa shape index (κ3) is 5.72. The van der Waals surface area contributed by atoms with Crippen molar-refractivity contribution in [3.63, 3.8) is 0 Å². The quantitative estimate of drug-likeness (QED) is 0.383. The number of hydrogen-bond donors (Lipinski definition) is 2. The van der Waals surface area contributed by atoms with Gasteiger partial charge < -0.3 is 10.2 Å². The highest BCUT2D eigenvalue weighted by Gasteiger charge is 2.18. The molecule has 9 heteroatoms. The van der Waals surface area contributed by atoms with Crippen molar-refractivity contribution in [2.24, 2.45) is 0 Å². The third-order valence-electron chi connectivity index (χ3n) is 3.43. The maximum absolute atomic E-state index is 12.7. The highest BCUT2D eigenvalue weighted by atomic mass is 32.1. The van der Waals surface area contributed by atoms with Gasteiger partial charge in [-0.25, -0.2) is 4.79 Å². The summed E-state index contributed by atoms with van der Waals surface area (Å²) in [6.45, 7) is 0. The number of hydrogen-bond acceptors (Lipinski definition) is 6. The van der Waals surface area contributed by atoms with Crippen molar-refractivity contribution >= 4 is 29.0 Å². The zero-order valence-corrected chi connectivity index (χ0v) is 14.6. The molecule has 0 aliphatic carbocycles. The second-order valence-electron chi connectivity index (χ2n) is 5.22. The topological polar surface area (TPSA) is 131 Å². The summed E-state index contributed by atoms with van der Waals surface area (Å²) in [5.74, 6) is -0.139. The van der Waals surface area contributed by atoms with E-state index in [2.05, 4.69) is 4.98 Å². The van der Waals surface area contributed by atoms with Crippen LogP contribution >= 0.6 is 11.3 Å². The van der Waals surface area contributed by atoms with Crippen LogP contribution in [0.2, 0.25) is 0 Å². The fourth-order valence-corrected chi connectivity index (χ4v) is 2.94. The number of nitrogens with zero attached hydrogens (tertiary/aromatic N) is 2. The molecule has 0 radical (unpaired) electrons. The number of ketones is 1. The smallest absolute Gasteiger partial charge is 0.450 e. The van der Waals surface area contributed by atoms with Crippen LogP contribution in [0, 0.1) is 10.1 Å². The van der Waals surface area contributed by atoms with Gasteiger partial charge in [0, 0.05) is 40.8 Å². The van der Waals surface area contributed by atoms with Crippen LogP contribution in [0.15, 0.2) is 60.2 Å². The summed E-state index contributed by atoms with van der Waals surface area (Å²) in [4.78, 5) is 36.8. The van der Waals surface area contributed by atoms with Gasteiger partial charge >= 0.3 is 6.16 Å². The van der Waals surface area contributed by atoms with Crippen LogP contribution in [0.1, 0.15) is 26.4 Å². The van der Waals surface area contributed by atoms with Crippen molar-refractivity contribution in [2.45, 2.75) is 6.42 Å². The number of rotatable bonds is 5. The Hall–Kier alpha value is -3.59. The fourth-order valence-electron chi connectivity index (χ4n) is 2.32. The van der Waals surface area contributed by atoms with Crippen LogP contribution in [0.3, 0.4) is 0 Å².